The van der Waals surface area contributed by atoms with Gasteiger partial charge >= 0.3 is 29.8 Å². The lowest BCUT2D eigenvalue weighted by molar-refractivity contribution is -0.409. The Morgan fingerprint density at radius 2 is 0.898 bits per heavy atom. The Labute approximate surface area is 748 Å². The predicted octanol–water partition coefficient (Wildman–Crippen LogP) is 11.8. The number of aliphatic hydroxyl groups is 4. The van der Waals surface area contributed by atoms with Crippen LogP contribution in [0.1, 0.15) is 283 Å². The average Bonchev–Trinajstić information content (AvgIpc) is 1.60. The van der Waals surface area contributed by atoms with Crippen molar-refractivity contribution in [1.29, 1.82) is 0 Å². The predicted molar refractivity (Wildman–Crippen MR) is 459 cm³/mol. The molecular weight excluding hydrogens is 1640 g/mol. The molecule has 36 atom stereocenters. The Hall–Kier alpha value is -6.11. The number of carbonyl (C=O) groups is 7. The summed E-state index contributed by atoms with van der Waals surface area (Å²) in [5.74, 6) is -17.2. The highest BCUT2D eigenvalue weighted by molar-refractivity contribution is 5.87. The molecule has 12 rings (SSSR count). The van der Waals surface area contributed by atoms with Gasteiger partial charge in [0.15, 0.2) is 29.5 Å². The van der Waals surface area contributed by atoms with Crippen LogP contribution in [0.5, 0.6) is 0 Å². The maximum atomic E-state index is 15.0. The number of nitrogens with zero attached hydrogens (tertiary/aromatic N) is 6. The first-order valence-electron chi connectivity index (χ1n) is 47.7. The second kappa shape index (κ2) is 40.0. The molecular formula is C95H148N6O26. The summed E-state index contributed by atoms with van der Waals surface area (Å²) in [6, 6.07) is 0. The van der Waals surface area contributed by atoms with Crippen molar-refractivity contribution in [3.05, 3.63) is 48.1 Å². The van der Waals surface area contributed by atoms with E-state index in [9.17, 15) is 54.6 Å². The molecule has 12 heterocycles. The molecule has 0 saturated carbocycles. The molecule has 10 aliphatic heterocycles. The zero-order valence-corrected chi connectivity index (χ0v) is 78.6. The first-order valence-corrected chi connectivity index (χ1v) is 47.7. The number of ether oxygens (including phenoxy) is 13. The van der Waals surface area contributed by atoms with Gasteiger partial charge in [-0.1, -0.05) is 121 Å². The van der Waals surface area contributed by atoms with Crippen LogP contribution in [-0.2, 0) is 110 Å². The van der Waals surface area contributed by atoms with E-state index in [0.717, 1.165) is 17.5 Å². The van der Waals surface area contributed by atoms with Crippen molar-refractivity contribution >= 4 is 41.4 Å². The van der Waals surface area contributed by atoms with E-state index in [-0.39, 0.29) is 78.6 Å². The molecule has 32 nitrogen and oxygen atoms in total. The molecule has 4 spiro atoms. The maximum absolute atomic E-state index is 15.0. The van der Waals surface area contributed by atoms with Crippen molar-refractivity contribution in [2.24, 2.45) is 82.9 Å². The number of hydrogen-bond donors (Lipinski definition) is 6. The highest BCUT2D eigenvalue weighted by Crippen LogP contribution is 2.58. The number of rotatable bonds is 34. The molecule has 8 fully saturated rings. The molecule has 127 heavy (non-hydrogen) atoms. The van der Waals surface area contributed by atoms with Crippen molar-refractivity contribution in [2.75, 3.05) is 6.61 Å². The zero-order valence-electron chi connectivity index (χ0n) is 78.6. The van der Waals surface area contributed by atoms with Gasteiger partial charge in [0, 0.05) is 72.8 Å². The summed E-state index contributed by atoms with van der Waals surface area (Å²) < 4.78 is 90.7. The first-order chi connectivity index (χ1) is 59.9. The van der Waals surface area contributed by atoms with Crippen LogP contribution in [0.3, 0.4) is 0 Å². The van der Waals surface area contributed by atoms with Crippen LogP contribution in [0.4, 0.5) is 0 Å². The Morgan fingerprint density at radius 3 is 1.28 bits per heavy atom. The highest BCUT2D eigenvalue weighted by atomic mass is 16.8. The van der Waals surface area contributed by atoms with E-state index in [0.29, 0.717) is 108 Å². The smallest absolute Gasteiger partial charge is 0.360 e. The summed E-state index contributed by atoms with van der Waals surface area (Å²) in [6.45, 7) is 37.2. The minimum Gasteiger partial charge on any atom is -0.481 e. The Kier molecular flexibility index (Phi) is 31.4. The van der Waals surface area contributed by atoms with Crippen LogP contribution in [-0.4, -0.2) is 240 Å². The van der Waals surface area contributed by atoms with Crippen LogP contribution in [0, 0.1) is 82.9 Å². The normalized spacial score (nSPS) is 40.5. The van der Waals surface area contributed by atoms with Gasteiger partial charge in [0.1, 0.15) is 24.7 Å². The van der Waals surface area contributed by atoms with Gasteiger partial charge in [-0.25, -0.2) is 14.2 Å². The zero-order chi connectivity index (χ0) is 92.8. The molecule has 714 valence electrons. The SMILES string of the molecule is CC[C@@H](C(=O)[C@@H](C)[C@@H](O)[C@H](C)[C@@H]1O[C@@H]([C@@H](CC)C(=O)O)CC[C@@H]1C)[C@H]1O[C@]2(C=C[C@@H](OC(=O)Cn3cc(CCOC(=O)c4cn(CC(=O)O[C@@H]5C=C[C@]6(O[C@H]([C@@H](CC)C(=O)[C@@H](C)[C@@H](O)[C@H](C)[C@@H]7O[C@@H]([C@@H](CC)C(=O)O)CC[C@@H]7C)[C@@H](C)C[C@H]6C)O[C@@]56CC[C@@](C)([C@H]5CC[C@](O)(CC)[C@H](C)O5)O6)nn4)nn3)[C@]3(CC[C@@](C)([C@H]4CC[C@](O)(CC)[C@H](C)O4)O3)O2)[C@H](C)C[C@@H]1C. The molecule has 8 saturated heterocycles. The minimum atomic E-state index is -1.68. The standard InChI is InChI=1S/C95H148N6O26/c1-21-64(85(108)109)69-29-27-51(7)81(118-69)59(15)77(104)57(13)79(106)66(23-3)83-53(9)45-55(11)92(122-83)38-33-73(94(126-92)42-40-88(19,124-94)71-31-36-90(113,25-5)61(17)116-71)120-75(102)49-100-47-63(96-98-100)35-44-115-87(112)68-48-101(99-97-68)50-76(103)121-74-34-39-93(127-95(74)43-41-89(20,125-95)72-32-37-91(114,26-6)62(18)117-72)56(12)46-54(10)84(123-93)67(24-4)80(107)58(14)78(105)60(16)82-52(8)28-30-70(119-82)65(22-2)86(110)111/h33-34,38-39,47-48,51-62,64-67,69-74,77-78,81-84,104-105,113-114H,21-32,35-37,40-46,49-50H2,1-20H3,(H,108,109)(H,110,111)/t51-,52-,53-,54-,55+,56+,57-,58-,59-,60-,61-,62-,64+,65+,66-,67-,69+,70+,71+,72+,73+,74+,77+,78+,81+,82+,83-,84-,88-,89-,90+,91+,92-,93-,94-,95-/m0/s1. The van der Waals surface area contributed by atoms with E-state index < -0.39 is 221 Å². The average molecular weight is 1790 g/mol. The Bertz CT molecular complexity index is 4220. The summed E-state index contributed by atoms with van der Waals surface area (Å²) in [5, 5.41) is 83.8. The largest absolute Gasteiger partial charge is 0.481 e. The van der Waals surface area contributed by atoms with Crippen molar-refractivity contribution in [2.45, 2.75) is 417 Å². The molecule has 0 unspecified atom stereocenters. The molecule has 2 aromatic rings. The van der Waals surface area contributed by atoms with Crippen molar-refractivity contribution in [3.63, 3.8) is 0 Å². The topological polar surface area (TPSA) is 422 Å². The fraction of sp³-hybridized carbons (Fsp3) is 0.842. The van der Waals surface area contributed by atoms with E-state index in [1.807, 2.05) is 125 Å². The maximum Gasteiger partial charge on any atom is 0.360 e. The number of Topliss-reactive ketones (excluding diaryl/α,β-unsaturated/α-hetero) is 2. The van der Waals surface area contributed by atoms with E-state index in [4.69, 9.17) is 61.6 Å². The number of aliphatic hydroxyl groups excluding tert-OH is 2. The molecule has 0 amide bonds. The van der Waals surface area contributed by atoms with Crippen LogP contribution in [0.2, 0.25) is 0 Å². The second-order valence-corrected chi connectivity index (χ2v) is 40.4. The van der Waals surface area contributed by atoms with E-state index in [1.165, 1.54) is 17.1 Å². The third kappa shape index (κ3) is 20.4. The molecule has 10 aliphatic rings. The summed E-state index contributed by atoms with van der Waals surface area (Å²) >= 11 is 0. The quantitative estimate of drug-likeness (QED) is 0.0215. The lowest BCUT2D eigenvalue weighted by atomic mass is 9.72. The molecule has 6 N–H and O–H groups in total. The minimum absolute atomic E-state index is 0.0161. The molecule has 0 aromatic carbocycles. The fourth-order valence-electron chi connectivity index (χ4n) is 23.2. The number of esters is 3. The first kappa shape index (κ1) is 99.9. The van der Waals surface area contributed by atoms with E-state index >= 15 is 9.59 Å². The molecule has 2 aromatic heterocycles. The van der Waals surface area contributed by atoms with Gasteiger partial charge in [0.2, 0.25) is 11.6 Å². The number of carbonyl (C=O) groups excluding carboxylic acids is 5. The molecule has 0 bridgehead atoms. The summed E-state index contributed by atoms with van der Waals surface area (Å²) in [7, 11) is 0. The number of carboxylic acids is 2. The third-order valence-corrected chi connectivity index (χ3v) is 31.9. The van der Waals surface area contributed by atoms with Gasteiger partial charge in [0.05, 0.1) is 126 Å². The van der Waals surface area contributed by atoms with Gasteiger partial charge in [-0.15, -0.1) is 10.2 Å². The summed E-state index contributed by atoms with van der Waals surface area (Å²) in [5.41, 5.74) is -3.93. The fourth-order valence-corrected chi connectivity index (χ4v) is 23.2. The molecule has 0 aliphatic carbocycles. The molecule has 32 heteroatoms. The van der Waals surface area contributed by atoms with Gasteiger partial charge < -0.3 is 92.2 Å². The number of aliphatic carboxylic acids is 2. The van der Waals surface area contributed by atoms with E-state index in [2.05, 4.69) is 20.6 Å². The number of hydrogen-bond acceptors (Lipinski definition) is 28. The monoisotopic (exact) mass is 1790 g/mol. The third-order valence-electron chi connectivity index (χ3n) is 31.9. The Balaban J connectivity index is 0.689. The van der Waals surface area contributed by atoms with Crippen molar-refractivity contribution in [3.8, 4) is 0 Å². The number of carboxylic acid groups (broad SMARTS) is 2. The van der Waals surface area contributed by atoms with Gasteiger partial charge in [0.25, 0.3) is 0 Å². The van der Waals surface area contributed by atoms with Crippen LogP contribution >= 0.6 is 0 Å². The summed E-state index contributed by atoms with van der Waals surface area (Å²) in [4.78, 5) is 97.0. The van der Waals surface area contributed by atoms with Crippen LogP contribution in [0.15, 0.2) is 36.7 Å². The number of aromatic nitrogens is 6. The highest BCUT2D eigenvalue weighted by Gasteiger charge is 2.67. The Morgan fingerprint density at radius 1 is 0.496 bits per heavy atom. The second-order valence-electron chi connectivity index (χ2n) is 40.4. The van der Waals surface area contributed by atoms with E-state index in [1.54, 1.807) is 38.2 Å². The van der Waals surface area contributed by atoms with Crippen molar-refractivity contribution in [1.82, 2.24) is 30.0 Å². The molecule has 0 radical (unpaired) electrons. The van der Waals surface area contributed by atoms with Gasteiger partial charge in [-0.3, -0.25) is 28.8 Å². The lowest BCUT2D eigenvalue weighted by Crippen LogP contribution is -2.63. The van der Waals surface area contributed by atoms with Crippen molar-refractivity contribution < 1.29 is 126 Å². The van der Waals surface area contributed by atoms with Gasteiger partial charge in [-0.05, 0) is 191 Å². The van der Waals surface area contributed by atoms with Crippen LogP contribution < -0.4 is 0 Å². The lowest BCUT2D eigenvalue weighted by Gasteiger charge is -2.54. The summed E-state index contributed by atoms with van der Waals surface area (Å²) in [6.07, 6.45) is 9.29. The van der Waals surface area contributed by atoms with Gasteiger partial charge in [-0.2, -0.15) is 0 Å². The number of ketones is 2. The van der Waals surface area contributed by atoms with Crippen LogP contribution in [0.25, 0.3) is 0 Å².